The van der Waals surface area contributed by atoms with Crippen molar-refractivity contribution in [2.75, 3.05) is 13.1 Å². The number of hydrogen-bond acceptors (Lipinski definition) is 4. The second-order valence-electron chi connectivity index (χ2n) is 2.33. The molecule has 0 unspecified atom stereocenters. The molecule has 0 bridgehead atoms. The van der Waals surface area contributed by atoms with Gasteiger partial charge in [-0.05, 0) is 19.4 Å². The van der Waals surface area contributed by atoms with Gasteiger partial charge in [-0.2, -0.15) is 0 Å². The molecule has 0 heterocycles. The molecule has 9 heavy (non-hydrogen) atoms. The molecule has 0 fully saturated rings. The molecule has 0 aromatic rings. The number of nitrogens with two attached hydrogens (primary N) is 4. The lowest BCUT2D eigenvalue weighted by atomic mass is 10.1. The highest BCUT2D eigenvalue weighted by molar-refractivity contribution is 4.76. The fourth-order valence-corrected chi connectivity index (χ4v) is 0.533. The Morgan fingerprint density at radius 2 is 1.67 bits per heavy atom. The Morgan fingerprint density at radius 1 is 1.11 bits per heavy atom. The van der Waals surface area contributed by atoms with Gasteiger partial charge >= 0.3 is 0 Å². The Labute approximate surface area is 55.6 Å². The van der Waals surface area contributed by atoms with E-state index in [1.54, 1.807) is 0 Å². The van der Waals surface area contributed by atoms with Crippen molar-refractivity contribution in [2.45, 2.75) is 18.5 Å². The molecule has 4 heteroatoms. The molecule has 0 aromatic carbocycles. The fourth-order valence-electron chi connectivity index (χ4n) is 0.533. The fraction of sp³-hybridized carbons (Fsp3) is 1.00. The molecule has 4 nitrogen and oxygen atoms in total. The quantitative estimate of drug-likeness (QED) is 0.342. The molecular weight excluding hydrogens is 116 g/mol. The lowest BCUT2D eigenvalue weighted by molar-refractivity contribution is 0.409. The first kappa shape index (κ1) is 8.84. The van der Waals surface area contributed by atoms with Crippen molar-refractivity contribution in [3.05, 3.63) is 0 Å². The van der Waals surface area contributed by atoms with E-state index in [-0.39, 0.29) is 0 Å². The van der Waals surface area contributed by atoms with E-state index in [0.717, 1.165) is 6.42 Å². The summed E-state index contributed by atoms with van der Waals surface area (Å²) in [5, 5.41) is 0. The van der Waals surface area contributed by atoms with E-state index in [1.807, 2.05) is 0 Å². The van der Waals surface area contributed by atoms with Gasteiger partial charge in [-0.25, -0.2) is 0 Å². The zero-order chi connectivity index (χ0) is 7.33. The van der Waals surface area contributed by atoms with Crippen molar-refractivity contribution < 1.29 is 0 Å². The molecule has 0 saturated carbocycles. The maximum atomic E-state index is 5.50. The smallest absolute Gasteiger partial charge is 0.0763 e. The Kier molecular flexibility index (Phi) is 3.72. The highest BCUT2D eigenvalue weighted by Gasteiger charge is 2.14. The van der Waals surface area contributed by atoms with Crippen LogP contribution in [-0.4, -0.2) is 18.8 Å². The van der Waals surface area contributed by atoms with Gasteiger partial charge in [0.25, 0.3) is 0 Å². The zero-order valence-corrected chi connectivity index (χ0v) is 5.64. The van der Waals surface area contributed by atoms with Gasteiger partial charge in [-0.3, -0.25) is 0 Å². The van der Waals surface area contributed by atoms with Crippen LogP contribution in [0, 0.1) is 0 Å². The Hall–Kier alpha value is -0.160. The lowest BCUT2D eigenvalue weighted by Gasteiger charge is -2.21. The van der Waals surface area contributed by atoms with Crippen LogP contribution in [0.2, 0.25) is 0 Å². The second kappa shape index (κ2) is 3.79. The van der Waals surface area contributed by atoms with Crippen molar-refractivity contribution in [2.24, 2.45) is 22.9 Å². The normalized spacial score (nSPS) is 12.0. The first-order chi connectivity index (χ1) is 4.12. The number of rotatable bonds is 4. The van der Waals surface area contributed by atoms with Crippen molar-refractivity contribution >= 4 is 0 Å². The number of hydrogen-bond donors (Lipinski definition) is 4. The summed E-state index contributed by atoms with van der Waals surface area (Å²) in [7, 11) is 0. The van der Waals surface area contributed by atoms with Gasteiger partial charge in [0, 0.05) is 6.54 Å². The molecule has 0 aliphatic carbocycles. The monoisotopic (exact) mass is 132 g/mol. The van der Waals surface area contributed by atoms with E-state index in [9.17, 15) is 0 Å². The largest absolute Gasteiger partial charge is 0.330 e. The van der Waals surface area contributed by atoms with Gasteiger partial charge in [0.15, 0.2) is 0 Å². The molecule has 0 aliphatic rings. The standard InChI is InChI=1S/C5H16N4/c6-3-1-2-5(8,9)4-7/h1-4,6-9H2. The first-order valence-electron chi connectivity index (χ1n) is 3.10. The van der Waals surface area contributed by atoms with Crippen LogP contribution in [0.1, 0.15) is 12.8 Å². The predicted octanol–water partition coefficient (Wildman–Crippen LogP) is -1.70. The molecular formula is C5H16N4. The summed E-state index contributed by atoms with van der Waals surface area (Å²) in [5.41, 5.74) is 20.8. The van der Waals surface area contributed by atoms with Crippen LogP contribution in [0.5, 0.6) is 0 Å². The minimum Gasteiger partial charge on any atom is -0.330 e. The van der Waals surface area contributed by atoms with Gasteiger partial charge in [0.05, 0.1) is 5.66 Å². The average Bonchev–Trinajstić information content (AvgIpc) is 1.84. The summed E-state index contributed by atoms with van der Waals surface area (Å²) in [6.45, 7) is 0.934. The summed E-state index contributed by atoms with van der Waals surface area (Å²) in [4.78, 5) is 0. The third kappa shape index (κ3) is 4.35. The summed E-state index contributed by atoms with van der Waals surface area (Å²) in [6, 6.07) is 0. The van der Waals surface area contributed by atoms with Crippen molar-refractivity contribution in [3.8, 4) is 0 Å². The van der Waals surface area contributed by atoms with E-state index >= 15 is 0 Å². The molecule has 0 spiro atoms. The van der Waals surface area contributed by atoms with E-state index in [4.69, 9.17) is 22.9 Å². The molecule has 0 saturated heterocycles. The average molecular weight is 132 g/mol. The van der Waals surface area contributed by atoms with Crippen LogP contribution in [-0.2, 0) is 0 Å². The van der Waals surface area contributed by atoms with E-state index in [0.29, 0.717) is 19.5 Å². The van der Waals surface area contributed by atoms with Crippen LogP contribution in [0.25, 0.3) is 0 Å². The van der Waals surface area contributed by atoms with E-state index in [2.05, 4.69) is 0 Å². The highest BCUT2D eigenvalue weighted by Crippen LogP contribution is 1.97. The predicted molar refractivity (Wildman–Crippen MR) is 38.4 cm³/mol. The van der Waals surface area contributed by atoms with E-state index in [1.165, 1.54) is 0 Å². The summed E-state index contributed by atoms with van der Waals surface area (Å²) in [6.07, 6.45) is 1.53. The molecule has 0 rings (SSSR count). The minimum absolute atomic E-state index is 0.312. The highest BCUT2D eigenvalue weighted by atomic mass is 15.0. The van der Waals surface area contributed by atoms with Crippen LogP contribution in [0.15, 0.2) is 0 Å². The zero-order valence-electron chi connectivity index (χ0n) is 5.64. The van der Waals surface area contributed by atoms with Gasteiger partial charge in [-0.1, -0.05) is 0 Å². The summed E-state index contributed by atoms with van der Waals surface area (Å²) >= 11 is 0. The SMILES string of the molecule is NCCCC(N)(N)CN. The van der Waals surface area contributed by atoms with Gasteiger partial charge < -0.3 is 22.9 Å². The topological polar surface area (TPSA) is 104 Å². The maximum Gasteiger partial charge on any atom is 0.0763 e. The Balaban J connectivity index is 3.33. The van der Waals surface area contributed by atoms with Gasteiger partial charge in [0.1, 0.15) is 0 Å². The van der Waals surface area contributed by atoms with Gasteiger partial charge in [0.2, 0.25) is 0 Å². The molecule has 0 atom stereocenters. The van der Waals surface area contributed by atoms with Crippen molar-refractivity contribution in [1.29, 1.82) is 0 Å². The molecule has 0 amide bonds. The third-order valence-corrected chi connectivity index (χ3v) is 1.23. The van der Waals surface area contributed by atoms with Crippen LogP contribution in [0.4, 0.5) is 0 Å². The van der Waals surface area contributed by atoms with Crippen LogP contribution >= 0.6 is 0 Å². The maximum absolute atomic E-state index is 5.50. The summed E-state index contributed by atoms with van der Waals surface area (Å²) < 4.78 is 0. The van der Waals surface area contributed by atoms with Crippen molar-refractivity contribution in [3.63, 3.8) is 0 Å². The molecule has 0 aliphatic heterocycles. The first-order valence-corrected chi connectivity index (χ1v) is 3.10. The lowest BCUT2D eigenvalue weighted by Crippen LogP contribution is -2.55. The van der Waals surface area contributed by atoms with E-state index < -0.39 is 5.66 Å². The Morgan fingerprint density at radius 3 is 2.00 bits per heavy atom. The Bertz CT molecular complexity index is 71.4. The minimum atomic E-state index is -0.709. The van der Waals surface area contributed by atoms with Crippen molar-refractivity contribution in [1.82, 2.24) is 0 Å². The second-order valence-corrected chi connectivity index (χ2v) is 2.33. The molecule has 0 radical (unpaired) electrons. The molecule has 56 valence electrons. The van der Waals surface area contributed by atoms with Crippen LogP contribution in [0.3, 0.4) is 0 Å². The third-order valence-electron chi connectivity index (χ3n) is 1.23. The molecule has 8 N–H and O–H groups in total. The summed E-state index contributed by atoms with van der Waals surface area (Å²) in [5.74, 6) is 0. The molecule has 0 aromatic heterocycles. The van der Waals surface area contributed by atoms with Crippen LogP contribution < -0.4 is 22.9 Å². The van der Waals surface area contributed by atoms with Gasteiger partial charge in [-0.15, -0.1) is 0 Å².